The van der Waals surface area contributed by atoms with Crippen LogP contribution in [0.4, 0.5) is 4.39 Å². The topological polar surface area (TPSA) is 73.3 Å². The van der Waals surface area contributed by atoms with Crippen LogP contribution in [0.2, 0.25) is 0 Å². The molecule has 0 bridgehead atoms. The number of H-pyrrole nitrogens is 1. The van der Waals surface area contributed by atoms with Crippen LogP contribution in [0.5, 0.6) is 0 Å². The van der Waals surface area contributed by atoms with Gasteiger partial charge >= 0.3 is 5.69 Å². The lowest BCUT2D eigenvalue weighted by atomic mass is 10.2. The van der Waals surface area contributed by atoms with Crippen LogP contribution in [0, 0.1) is 0 Å². The number of aromatic amines is 1. The average Bonchev–Trinajstić information content (AvgIpc) is 2.67. The molecule has 0 spiro atoms. The van der Waals surface area contributed by atoms with E-state index < -0.39 is 29.4 Å². The summed E-state index contributed by atoms with van der Waals surface area (Å²) >= 11 is 2.03. The van der Waals surface area contributed by atoms with Gasteiger partial charge in [0.25, 0.3) is 5.56 Å². The Labute approximate surface area is 115 Å². The Kier molecular flexibility index (Phi) is 3.87. The molecular formula is C10H12FIN2O4. The molecule has 0 amide bonds. The Balaban J connectivity index is 2.35. The predicted octanol–water partition coefficient (Wildman–Crippen LogP) is 0.571. The highest BCUT2D eigenvalue weighted by molar-refractivity contribution is 14.1. The van der Waals surface area contributed by atoms with E-state index in [-0.39, 0.29) is 6.42 Å². The molecule has 0 unspecified atom stereocenters. The third-order valence-corrected chi connectivity index (χ3v) is 4.01. The summed E-state index contributed by atoms with van der Waals surface area (Å²) in [4.78, 5) is 24.6. The minimum absolute atomic E-state index is 0.0443. The normalized spacial score (nSPS) is 31.7. The van der Waals surface area contributed by atoms with Gasteiger partial charge in [-0.05, 0) is 0 Å². The van der Waals surface area contributed by atoms with Gasteiger partial charge in [-0.1, -0.05) is 22.6 Å². The highest BCUT2D eigenvalue weighted by Crippen LogP contribution is 2.39. The number of nitrogens with zero attached hydrogens (tertiary/aromatic N) is 1. The van der Waals surface area contributed by atoms with Crippen LogP contribution in [0.3, 0.4) is 0 Å². The van der Waals surface area contributed by atoms with Crippen molar-refractivity contribution in [1.29, 1.82) is 0 Å². The van der Waals surface area contributed by atoms with Gasteiger partial charge in [0.15, 0.2) is 18.2 Å². The molecule has 8 heteroatoms. The van der Waals surface area contributed by atoms with Crippen molar-refractivity contribution in [3.63, 3.8) is 0 Å². The van der Waals surface area contributed by atoms with Crippen molar-refractivity contribution < 1.29 is 13.9 Å². The van der Waals surface area contributed by atoms with Gasteiger partial charge in [-0.25, -0.2) is 9.18 Å². The van der Waals surface area contributed by atoms with Gasteiger partial charge in [0, 0.05) is 25.8 Å². The van der Waals surface area contributed by atoms with Gasteiger partial charge in [0.1, 0.15) is 0 Å². The number of hydrogen-bond acceptors (Lipinski definition) is 4. The minimum atomic E-state index is -1.37. The van der Waals surface area contributed by atoms with Crippen LogP contribution in [0.25, 0.3) is 0 Å². The summed E-state index contributed by atoms with van der Waals surface area (Å²) in [7, 11) is 1.43. The van der Waals surface area contributed by atoms with E-state index in [0.717, 1.165) is 10.6 Å². The zero-order chi connectivity index (χ0) is 13.3. The first-order valence-corrected chi connectivity index (χ1v) is 6.78. The summed E-state index contributed by atoms with van der Waals surface area (Å²) < 4.78 is 26.1. The van der Waals surface area contributed by atoms with Crippen molar-refractivity contribution in [1.82, 2.24) is 9.55 Å². The van der Waals surface area contributed by atoms with Crippen LogP contribution >= 0.6 is 22.6 Å². The maximum Gasteiger partial charge on any atom is 0.330 e. The monoisotopic (exact) mass is 370 g/mol. The number of nitrogens with one attached hydrogen (secondary N) is 1. The standard InChI is InChI=1S/C10H12FIN2O4/c1-17-10(5-12)4-6(11)8(18-10)14-3-2-7(15)13-9(14)16/h2-3,6,8H,4-5H2,1H3,(H,13,15,16)/t6-,8-,10+/m1/s1. The summed E-state index contributed by atoms with van der Waals surface area (Å²) in [5, 5.41) is 0. The second-order valence-corrected chi connectivity index (χ2v) is 4.76. The molecule has 0 saturated carbocycles. The van der Waals surface area contributed by atoms with Crippen molar-refractivity contribution in [2.24, 2.45) is 0 Å². The van der Waals surface area contributed by atoms with Crippen molar-refractivity contribution in [2.75, 3.05) is 11.5 Å². The van der Waals surface area contributed by atoms with E-state index >= 15 is 0 Å². The number of rotatable bonds is 3. The Hall–Kier alpha value is -0.740. The molecule has 1 aromatic rings. The predicted molar refractivity (Wildman–Crippen MR) is 69.6 cm³/mol. The zero-order valence-corrected chi connectivity index (χ0v) is 11.7. The Morgan fingerprint density at radius 3 is 2.94 bits per heavy atom. The van der Waals surface area contributed by atoms with Gasteiger partial charge in [0.05, 0.1) is 4.43 Å². The van der Waals surface area contributed by atoms with Crippen LogP contribution < -0.4 is 11.2 Å². The van der Waals surface area contributed by atoms with Gasteiger partial charge in [-0.15, -0.1) is 0 Å². The van der Waals surface area contributed by atoms with Crippen LogP contribution in [0.1, 0.15) is 12.6 Å². The first-order chi connectivity index (χ1) is 8.51. The zero-order valence-electron chi connectivity index (χ0n) is 9.56. The highest BCUT2D eigenvalue weighted by atomic mass is 127. The summed E-state index contributed by atoms with van der Waals surface area (Å²) in [5.74, 6) is -1.03. The number of alkyl halides is 2. The molecule has 1 aromatic heterocycles. The molecule has 18 heavy (non-hydrogen) atoms. The first-order valence-electron chi connectivity index (χ1n) is 5.26. The van der Waals surface area contributed by atoms with E-state index in [9.17, 15) is 14.0 Å². The number of aromatic nitrogens is 2. The second-order valence-electron chi connectivity index (χ2n) is 3.99. The lowest BCUT2D eigenvalue weighted by Gasteiger charge is -2.25. The first kappa shape index (κ1) is 13.7. The molecule has 1 aliphatic heterocycles. The molecule has 2 heterocycles. The molecule has 3 atom stereocenters. The molecule has 1 saturated heterocycles. The van der Waals surface area contributed by atoms with E-state index in [1.807, 2.05) is 22.6 Å². The number of ether oxygens (including phenoxy) is 2. The summed E-state index contributed by atoms with van der Waals surface area (Å²) in [6.45, 7) is 0. The Bertz CT molecular complexity index is 539. The fourth-order valence-electron chi connectivity index (χ4n) is 1.87. The van der Waals surface area contributed by atoms with Crippen LogP contribution in [-0.4, -0.2) is 33.0 Å². The Morgan fingerprint density at radius 1 is 1.72 bits per heavy atom. The average molecular weight is 370 g/mol. The lowest BCUT2D eigenvalue weighted by molar-refractivity contribution is -0.209. The van der Waals surface area contributed by atoms with E-state index in [1.165, 1.54) is 13.3 Å². The van der Waals surface area contributed by atoms with Gasteiger partial charge in [-0.2, -0.15) is 0 Å². The molecule has 0 aliphatic carbocycles. The van der Waals surface area contributed by atoms with Crippen LogP contribution in [-0.2, 0) is 9.47 Å². The maximum atomic E-state index is 14.0. The minimum Gasteiger partial charge on any atom is -0.352 e. The van der Waals surface area contributed by atoms with Crippen molar-refractivity contribution in [3.8, 4) is 0 Å². The quantitative estimate of drug-likeness (QED) is 0.624. The molecule has 100 valence electrons. The van der Waals surface area contributed by atoms with Crippen LogP contribution in [0.15, 0.2) is 21.9 Å². The van der Waals surface area contributed by atoms with Gasteiger partial charge in [0.2, 0.25) is 0 Å². The summed E-state index contributed by atoms with van der Waals surface area (Å²) in [6, 6.07) is 1.15. The fourth-order valence-corrected chi connectivity index (χ4v) is 2.67. The molecule has 0 radical (unpaired) electrons. The molecule has 1 fully saturated rings. The number of hydrogen-bond donors (Lipinski definition) is 1. The summed E-state index contributed by atoms with van der Waals surface area (Å²) in [6.07, 6.45) is -1.19. The van der Waals surface area contributed by atoms with E-state index in [0.29, 0.717) is 4.43 Å². The largest absolute Gasteiger partial charge is 0.352 e. The third-order valence-electron chi connectivity index (χ3n) is 2.85. The smallest absolute Gasteiger partial charge is 0.330 e. The second kappa shape index (κ2) is 5.10. The van der Waals surface area contributed by atoms with E-state index in [1.54, 1.807) is 0 Å². The maximum absolute atomic E-state index is 14.0. The van der Waals surface area contributed by atoms with E-state index in [2.05, 4.69) is 4.98 Å². The van der Waals surface area contributed by atoms with Gasteiger partial charge < -0.3 is 9.47 Å². The highest BCUT2D eigenvalue weighted by Gasteiger charge is 2.48. The van der Waals surface area contributed by atoms with Gasteiger partial charge in [-0.3, -0.25) is 14.3 Å². The van der Waals surface area contributed by atoms with Crippen molar-refractivity contribution in [3.05, 3.63) is 33.1 Å². The molecular weight excluding hydrogens is 358 g/mol. The SMILES string of the molecule is CO[C@@]1(CI)C[C@@H](F)[C@H](n2ccc(=O)[nH]c2=O)O1. The molecule has 6 nitrogen and oxygen atoms in total. The van der Waals surface area contributed by atoms with Crippen molar-refractivity contribution in [2.45, 2.75) is 24.6 Å². The molecule has 1 N–H and O–H groups in total. The number of halogens is 2. The molecule has 2 rings (SSSR count). The fraction of sp³-hybridized carbons (Fsp3) is 0.600. The Morgan fingerprint density at radius 2 is 2.44 bits per heavy atom. The van der Waals surface area contributed by atoms with Crippen molar-refractivity contribution >= 4 is 22.6 Å². The third kappa shape index (κ3) is 2.36. The summed E-state index contributed by atoms with van der Waals surface area (Å²) in [5.41, 5.74) is -1.23. The van der Waals surface area contributed by atoms with E-state index in [4.69, 9.17) is 9.47 Å². The molecule has 0 aromatic carbocycles. The lowest BCUT2D eigenvalue weighted by Crippen LogP contribution is -2.36. The number of methoxy groups -OCH3 is 1. The molecule has 1 aliphatic rings.